The van der Waals surface area contributed by atoms with Gasteiger partial charge in [0.25, 0.3) is 0 Å². The minimum Gasteiger partial charge on any atom is -0.0906 e. The largest absolute Gasteiger partial charge is 0.0906 e. The molecule has 1 aliphatic carbocycles. The Morgan fingerprint density at radius 2 is 1.14 bits per heavy atom. The van der Waals surface area contributed by atoms with E-state index in [-0.39, 0.29) is 0 Å². The summed E-state index contributed by atoms with van der Waals surface area (Å²) in [6, 6.07) is 36.0. The third-order valence-electron chi connectivity index (χ3n) is 8.22. The van der Waals surface area contributed by atoms with Gasteiger partial charge < -0.3 is 0 Å². The van der Waals surface area contributed by atoms with E-state index >= 15 is 0 Å². The lowest BCUT2D eigenvalue weighted by Crippen LogP contribution is -1.91. The van der Waals surface area contributed by atoms with E-state index in [9.17, 15) is 0 Å². The zero-order valence-electron chi connectivity index (χ0n) is 32.3. The number of hydrogen-bond acceptors (Lipinski definition) is 0. The zero-order valence-corrected chi connectivity index (χ0v) is 32.3. The van der Waals surface area contributed by atoms with E-state index in [1.807, 2.05) is 50.2 Å². The van der Waals surface area contributed by atoms with Crippen LogP contribution < -0.4 is 0 Å². The van der Waals surface area contributed by atoms with E-state index in [0.717, 1.165) is 24.8 Å². The summed E-state index contributed by atoms with van der Waals surface area (Å²) in [5, 5.41) is 0. The predicted octanol–water partition coefficient (Wildman–Crippen LogP) is 15.2. The van der Waals surface area contributed by atoms with Crippen LogP contribution in [0.4, 0.5) is 0 Å². The Labute approximate surface area is 305 Å². The predicted molar refractivity (Wildman–Crippen MR) is 227 cm³/mol. The molecule has 0 nitrogen and oxygen atoms in total. The van der Waals surface area contributed by atoms with Gasteiger partial charge in [0.2, 0.25) is 0 Å². The molecular formula is C50H60. The quantitative estimate of drug-likeness (QED) is 0.137. The van der Waals surface area contributed by atoms with E-state index in [0.29, 0.717) is 0 Å². The molecule has 0 amide bonds. The van der Waals surface area contributed by atoms with Gasteiger partial charge in [0.1, 0.15) is 0 Å². The van der Waals surface area contributed by atoms with E-state index in [1.54, 1.807) is 0 Å². The summed E-state index contributed by atoms with van der Waals surface area (Å²) in [6.07, 6.45) is 20.9. The van der Waals surface area contributed by atoms with Gasteiger partial charge in [-0.15, -0.1) is 0 Å². The maximum atomic E-state index is 4.28. The molecule has 0 fully saturated rings. The molecule has 260 valence electrons. The molecule has 4 aromatic rings. The molecule has 0 aliphatic heterocycles. The molecule has 0 N–H and O–H groups in total. The van der Waals surface area contributed by atoms with Crippen LogP contribution in [-0.2, 0) is 0 Å². The van der Waals surface area contributed by atoms with Gasteiger partial charge in [-0.25, -0.2) is 0 Å². The van der Waals surface area contributed by atoms with Gasteiger partial charge >= 0.3 is 0 Å². The third-order valence-corrected chi connectivity index (χ3v) is 8.22. The molecule has 1 aliphatic rings. The molecule has 0 spiro atoms. The maximum absolute atomic E-state index is 4.28. The SMILES string of the molecule is C=C(C1=CCC/C=C(/C)C=C1)c1ccc(C)c(C)c1.CC.CC/C(=C\C=C(C)C)c1ccc(/C=C\c2ccc(C)cc2)cc1.c1ccccc1. The summed E-state index contributed by atoms with van der Waals surface area (Å²) in [6.45, 7) is 23.3. The van der Waals surface area contributed by atoms with Crippen molar-refractivity contribution in [1.82, 2.24) is 0 Å². The summed E-state index contributed by atoms with van der Waals surface area (Å²) in [4.78, 5) is 0. The highest BCUT2D eigenvalue weighted by molar-refractivity contribution is 5.80. The lowest BCUT2D eigenvalue weighted by molar-refractivity contribution is 1.03. The molecule has 0 heteroatoms. The van der Waals surface area contributed by atoms with E-state index < -0.39 is 0 Å². The number of allylic oxidation sites excluding steroid dienone is 11. The fourth-order valence-electron chi connectivity index (χ4n) is 4.98. The van der Waals surface area contributed by atoms with Crippen LogP contribution in [0.3, 0.4) is 0 Å². The molecular weight excluding hydrogens is 601 g/mol. The minimum absolute atomic E-state index is 1.04. The minimum atomic E-state index is 1.04. The van der Waals surface area contributed by atoms with Crippen molar-refractivity contribution < 1.29 is 0 Å². The molecule has 0 saturated carbocycles. The Balaban J connectivity index is 0.000000288. The second-order valence-corrected chi connectivity index (χ2v) is 12.6. The van der Waals surface area contributed by atoms with Gasteiger partial charge in [0.15, 0.2) is 0 Å². The van der Waals surface area contributed by atoms with Crippen molar-refractivity contribution in [3.63, 3.8) is 0 Å². The van der Waals surface area contributed by atoms with Crippen LogP contribution >= 0.6 is 0 Å². The summed E-state index contributed by atoms with van der Waals surface area (Å²) >= 11 is 0. The molecule has 5 rings (SSSR count). The average molecular weight is 661 g/mol. The topological polar surface area (TPSA) is 0 Å². The summed E-state index contributed by atoms with van der Waals surface area (Å²) < 4.78 is 0. The fraction of sp³-hybridized carbons (Fsp3) is 0.240. The van der Waals surface area contributed by atoms with Gasteiger partial charge in [-0.05, 0) is 111 Å². The maximum Gasteiger partial charge on any atom is -0.0181 e. The normalized spacial score (nSPS) is 13.3. The highest BCUT2D eigenvalue weighted by Crippen LogP contribution is 2.26. The van der Waals surface area contributed by atoms with Crippen molar-refractivity contribution in [3.8, 4) is 0 Å². The number of rotatable bonds is 7. The fourth-order valence-corrected chi connectivity index (χ4v) is 4.98. The summed E-state index contributed by atoms with van der Waals surface area (Å²) in [5.41, 5.74) is 15.3. The van der Waals surface area contributed by atoms with Gasteiger partial charge in [0, 0.05) is 0 Å². The Morgan fingerprint density at radius 3 is 1.66 bits per heavy atom. The highest BCUT2D eigenvalue weighted by Gasteiger charge is 2.05. The Kier molecular flexibility index (Phi) is 19.3. The van der Waals surface area contributed by atoms with Crippen LogP contribution in [0.5, 0.6) is 0 Å². The molecule has 0 bridgehead atoms. The number of aryl methyl sites for hydroxylation is 3. The second-order valence-electron chi connectivity index (χ2n) is 12.6. The molecule has 0 aromatic heterocycles. The molecule has 0 atom stereocenters. The first kappa shape index (κ1) is 41.2. The lowest BCUT2D eigenvalue weighted by Gasteiger charge is -2.11. The number of benzene rings is 4. The Bertz CT molecular complexity index is 1730. The Hall–Kier alpha value is -4.94. The first-order valence-electron chi connectivity index (χ1n) is 18.2. The van der Waals surface area contributed by atoms with Gasteiger partial charge in [-0.3, -0.25) is 0 Å². The lowest BCUT2D eigenvalue weighted by atomic mass is 9.94. The van der Waals surface area contributed by atoms with Crippen molar-refractivity contribution in [3.05, 3.63) is 202 Å². The van der Waals surface area contributed by atoms with Crippen LogP contribution in [0.1, 0.15) is 99.7 Å². The van der Waals surface area contributed by atoms with Gasteiger partial charge in [0.05, 0.1) is 0 Å². The van der Waals surface area contributed by atoms with Crippen LogP contribution in [0.2, 0.25) is 0 Å². The number of hydrogen-bond donors (Lipinski definition) is 0. The van der Waals surface area contributed by atoms with Gasteiger partial charge in [-0.2, -0.15) is 0 Å². The van der Waals surface area contributed by atoms with Crippen molar-refractivity contribution >= 4 is 23.3 Å². The first-order valence-corrected chi connectivity index (χ1v) is 18.2. The van der Waals surface area contributed by atoms with Crippen molar-refractivity contribution in [2.45, 2.75) is 81.6 Å². The standard InChI is InChI=1S/C23H26.C19H22.C6H6.C2H6/c1-5-22(15-6-18(2)3)23-16-13-21(14-17-23)12-11-20-9-7-19(4)8-10-20;1-14-7-5-6-8-18(11-9-14)17(4)19-12-10-15(2)16(3)13-19;1-2-4-6-5-3-1;1-2/h6-17H,5H2,1-4H3;7-13H,4-6H2,1-3H3;1-6H;1-2H3/b12-11-,22-15+;11-9?,14-7-,18-8?;;. The monoisotopic (exact) mass is 660 g/mol. The molecule has 0 unspecified atom stereocenters. The average Bonchev–Trinajstić information content (AvgIpc) is 3.13. The molecule has 50 heavy (non-hydrogen) atoms. The molecule has 0 heterocycles. The third kappa shape index (κ3) is 15.5. The van der Waals surface area contributed by atoms with E-state index in [4.69, 9.17) is 0 Å². The van der Waals surface area contributed by atoms with Gasteiger partial charge in [-0.1, -0.05) is 196 Å². The van der Waals surface area contributed by atoms with E-state index in [1.165, 1.54) is 61.2 Å². The molecule has 0 radical (unpaired) electrons. The van der Waals surface area contributed by atoms with E-state index in [2.05, 4.69) is 170 Å². The molecule has 0 saturated heterocycles. The van der Waals surface area contributed by atoms with Crippen molar-refractivity contribution in [2.75, 3.05) is 0 Å². The highest BCUT2D eigenvalue weighted by atomic mass is 14.1. The summed E-state index contributed by atoms with van der Waals surface area (Å²) in [7, 11) is 0. The Morgan fingerprint density at radius 1 is 0.620 bits per heavy atom. The van der Waals surface area contributed by atoms with Crippen LogP contribution in [-0.4, -0.2) is 0 Å². The second kappa shape index (κ2) is 23.4. The zero-order chi connectivity index (χ0) is 36.7. The van der Waals surface area contributed by atoms with Crippen molar-refractivity contribution in [2.24, 2.45) is 0 Å². The van der Waals surface area contributed by atoms with Crippen molar-refractivity contribution in [1.29, 1.82) is 0 Å². The first-order chi connectivity index (χ1) is 24.2. The molecule has 4 aromatic carbocycles. The smallest absolute Gasteiger partial charge is 0.0181 e. The van der Waals surface area contributed by atoms with Crippen LogP contribution in [0.25, 0.3) is 23.3 Å². The van der Waals surface area contributed by atoms with Crippen LogP contribution in [0, 0.1) is 20.8 Å². The summed E-state index contributed by atoms with van der Waals surface area (Å²) in [5.74, 6) is 0. The van der Waals surface area contributed by atoms with Crippen LogP contribution in [0.15, 0.2) is 163 Å².